The molecule has 48 heavy (non-hydrogen) atoms. The minimum Gasteiger partial charge on any atom is -0.492 e. The lowest BCUT2D eigenvalue weighted by atomic mass is 9.86. The maximum absolute atomic E-state index is 13.6. The number of carbonyl (C=O) groups is 3. The van der Waals surface area contributed by atoms with Crippen LogP contribution < -0.4 is 25.6 Å². The lowest BCUT2D eigenvalue weighted by molar-refractivity contribution is -0.144. The molecule has 1 aliphatic heterocycles. The molecule has 0 bridgehead atoms. The number of methoxy groups -OCH3 is 1. The van der Waals surface area contributed by atoms with Crippen LogP contribution in [-0.4, -0.2) is 87.1 Å². The van der Waals surface area contributed by atoms with Gasteiger partial charge in [0.1, 0.15) is 5.82 Å². The van der Waals surface area contributed by atoms with E-state index in [2.05, 4.69) is 26.9 Å². The van der Waals surface area contributed by atoms with Crippen LogP contribution in [0.5, 0.6) is 5.75 Å². The zero-order chi connectivity index (χ0) is 34.7. The van der Waals surface area contributed by atoms with Crippen LogP contribution in [0.25, 0.3) is 21.9 Å². The number of benzene rings is 3. The summed E-state index contributed by atoms with van der Waals surface area (Å²) in [6.07, 6.45) is 0. The van der Waals surface area contributed by atoms with Crippen LogP contribution in [0.2, 0.25) is 0 Å². The average Bonchev–Trinajstić information content (AvgIpc) is 3.04. The van der Waals surface area contributed by atoms with E-state index in [9.17, 15) is 14.4 Å². The van der Waals surface area contributed by atoms with E-state index in [4.69, 9.17) is 9.72 Å². The summed E-state index contributed by atoms with van der Waals surface area (Å²) >= 11 is 0. The highest BCUT2D eigenvalue weighted by atomic mass is 16.5. The molecule has 3 N–H and O–H groups in total. The number of hydrogen-bond acceptors (Lipinski definition) is 7. The Hall–Kier alpha value is -5.16. The second-order valence-electron chi connectivity index (χ2n) is 13.4. The van der Waals surface area contributed by atoms with Crippen molar-refractivity contribution in [2.75, 3.05) is 75.3 Å². The second kappa shape index (κ2) is 13.9. The van der Waals surface area contributed by atoms with E-state index in [1.54, 1.807) is 11.0 Å². The van der Waals surface area contributed by atoms with Crippen LogP contribution in [0.4, 0.5) is 27.7 Å². The van der Waals surface area contributed by atoms with Gasteiger partial charge in [-0.25, -0.2) is 9.78 Å². The first-order chi connectivity index (χ1) is 22.8. The zero-order valence-electron chi connectivity index (χ0n) is 29.0. The number of likely N-dealkylation sites (N-methyl/N-ethyl adjacent to an activating group) is 1. The van der Waals surface area contributed by atoms with Crippen LogP contribution in [0.1, 0.15) is 32.0 Å². The minimum absolute atomic E-state index is 0.238. The van der Waals surface area contributed by atoms with Gasteiger partial charge in [0.2, 0.25) is 0 Å². The summed E-state index contributed by atoms with van der Waals surface area (Å²) in [5, 5.41) is 10.5. The van der Waals surface area contributed by atoms with Crippen molar-refractivity contribution in [2.45, 2.75) is 33.1 Å². The number of aromatic nitrogens is 1. The number of amides is 4. The summed E-state index contributed by atoms with van der Waals surface area (Å²) in [5.74, 6) is -0.242. The smallest absolute Gasteiger partial charge is 0.323 e. The summed E-state index contributed by atoms with van der Waals surface area (Å²) in [6, 6.07) is 19.0. The number of nitrogens with zero attached hydrogens (tertiary/aromatic N) is 4. The molecule has 5 rings (SSSR count). The fourth-order valence-corrected chi connectivity index (χ4v) is 5.80. The highest BCUT2D eigenvalue weighted by Gasteiger charge is 2.28. The van der Waals surface area contributed by atoms with Gasteiger partial charge in [-0.2, -0.15) is 0 Å². The van der Waals surface area contributed by atoms with E-state index >= 15 is 0 Å². The first kappa shape index (κ1) is 34.2. The Balaban J connectivity index is 1.43. The number of ether oxygens (including phenoxy) is 1. The van der Waals surface area contributed by atoms with Crippen molar-refractivity contribution in [3.8, 4) is 16.9 Å². The summed E-state index contributed by atoms with van der Waals surface area (Å²) in [6.45, 7) is 10.4. The van der Waals surface area contributed by atoms with Crippen LogP contribution in [0.3, 0.4) is 0 Å². The van der Waals surface area contributed by atoms with E-state index in [1.165, 1.54) is 7.11 Å². The molecule has 0 radical (unpaired) electrons. The molecule has 0 aliphatic carbocycles. The molecule has 0 saturated carbocycles. The van der Waals surface area contributed by atoms with Crippen LogP contribution in [-0.2, 0) is 15.0 Å². The number of fused-ring (bicyclic) bond motifs is 1. The third-order valence-corrected chi connectivity index (χ3v) is 8.63. The normalized spacial score (nSPS) is 13.6. The van der Waals surface area contributed by atoms with Gasteiger partial charge in [-0.15, -0.1) is 0 Å². The Bertz CT molecular complexity index is 1860. The molecule has 1 saturated heterocycles. The number of anilines is 4. The first-order valence-electron chi connectivity index (χ1n) is 16.0. The van der Waals surface area contributed by atoms with E-state index in [0.29, 0.717) is 43.2 Å². The predicted molar refractivity (Wildman–Crippen MR) is 193 cm³/mol. The molecule has 1 aliphatic rings. The van der Waals surface area contributed by atoms with Crippen molar-refractivity contribution in [2.24, 2.45) is 0 Å². The molecule has 252 valence electrons. The van der Waals surface area contributed by atoms with Gasteiger partial charge in [-0.3, -0.25) is 9.59 Å². The number of nitrogens with one attached hydrogen (secondary N) is 3. The van der Waals surface area contributed by atoms with E-state index in [0.717, 1.165) is 39.0 Å². The van der Waals surface area contributed by atoms with Crippen LogP contribution in [0.15, 0.2) is 60.7 Å². The number of hydrogen-bond donors (Lipinski definition) is 3. The highest BCUT2D eigenvalue weighted by molar-refractivity contribution is 6.39. The van der Waals surface area contributed by atoms with Gasteiger partial charge < -0.3 is 35.4 Å². The summed E-state index contributed by atoms with van der Waals surface area (Å²) in [4.78, 5) is 50.1. The van der Waals surface area contributed by atoms with Crippen molar-refractivity contribution in [3.05, 3.63) is 71.9 Å². The molecule has 0 atom stereocenters. The molecule has 0 unspecified atom stereocenters. The highest BCUT2D eigenvalue weighted by Crippen LogP contribution is 2.39. The van der Waals surface area contributed by atoms with Crippen molar-refractivity contribution >= 4 is 51.5 Å². The monoisotopic (exact) mass is 651 g/mol. The Morgan fingerprint density at radius 1 is 0.812 bits per heavy atom. The van der Waals surface area contributed by atoms with Gasteiger partial charge in [0.05, 0.1) is 24.2 Å². The number of carbonyl (C=O) groups excluding carboxylic acids is 3. The SMILES string of the molecule is COc1c(NC(=O)Nc2ccc(-c3ccc(N(C)C)nc3C)c3ccccc23)cc(C(C)(C)C)cc1NC(=O)C(=O)N1CCN(C)CC1. The molecular weight excluding hydrogens is 606 g/mol. The van der Waals surface area contributed by atoms with E-state index < -0.39 is 17.8 Å². The van der Waals surface area contributed by atoms with E-state index in [1.807, 2.05) is 102 Å². The molecule has 4 aromatic rings. The van der Waals surface area contributed by atoms with Crippen molar-refractivity contribution in [3.63, 3.8) is 0 Å². The lowest BCUT2D eigenvalue weighted by Gasteiger charge is -2.32. The predicted octanol–water partition coefficient (Wildman–Crippen LogP) is 5.94. The maximum atomic E-state index is 13.6. The molecule has 1 aromatic heterocycles. The topological polar surface area (TPSA) is 119 Å². The maximum Gasteiger partial charge on any atom is 0.323 e. The molecule has 11 nitrogen and oxygen atoms in total. The molecular formula is C37H45N7O4. The Morgan fingerprint density at radius 2 is 1.42 bits per heavy atom. The third kappa shape index (κ3) is 7.36. The molecule has 3 aromatic carbocycles. The molecule has 11 heteroatoms. The average molecular weight is 652 g/mol. The van der Waals surface area contributed by atoms with Crippen molar-refractivity contribution < 1.29 is 19.1 Å². The molecule has 4 amide bonds. The summed E-state index contributed by atoms with van der Waals surface area (Å²) in [5.41, 5.74) is 4.70. The number of urea groups is 1. The zero-order valence-corrected chi connectivity index (χ0v) is 29.0. The Morgan fingerprint density at radius 3 is 2.02 bits per heavy atom. The molecule has 1 fully saturated rings. The fraction of sp³-hybridized carbons (Fsp3) is 0.351. The standard InChI is InChI=1S/C37H45N7O4/c1-23-25(14-16-32(38-23)42(5)6)27-13-15-29(28-12-10-9-11-26(27)28)40-36(47)41-31-22-24(37(2,3)4)21-30(33(31)48-8)39-34(45)35(46)44-19-17-43(7)18-20-44/h9-16,21-22H,17-20H2,1-8H3,(H,39,45)(H2,40,41,47). The molecule has 0 spiro atoms. The van der Waals surface area contributed by atoms with Gasteiger partial charge in [0, 0.05) is 56.9 Å². The van der Waals surface area contributed by atoms with Crippen LogP contribution >= 0.6 is 0 Å². The van der Waals surface area contributed by atoms with Crippen molar-refractivity contribution in [1.82, 2.24) is 14.8 Å². The number of rotatable bonds is 6. The quantitative estimate of drug-likeness (QED) is 0.221. The Kier molecular flexibility index (Phi) is 9.90. The van der Waals surface area contributed by atoms with Crippen LogP contribution in [0, 0.1) is 6.92 Å². The number of pyridine rings is 1. The molecule has 2 heterocycles. The summed E-state index contributed by atoms with van der Waals surface area (Å²) in [7, 11) is 7.37. The lowest BCUT2D eigenvalue weighted by Crippen LogP contribution is -2.50. The number of aryl methyl sites for hydroxylation is 1. The fourth-order valence-electron chi connectivity index (χ4n) is 5.80. The second-order valence-corrected chi connectivity index (χ2v) is 13.4. The largest absolute Gasteiger partial charge is 0.492 e. The number of piperazine rings is 1. The van der Waals surface area contributed by atoms with Gasteiger partial charge in [0.15, 0.2) is 5.75 Å². The van der Waals surface area contributed by atoms with Gasteiger partial charge in [-0.1, -0.05) is 51.1 Å². The van der Waals surface area contributed by atoms with Gasteiger partial charge >= 0.3 is 17.8 Å². The van der Waals surface area contributed by atoms with Crippen molar-refractivity contribution in [1.29, 1.82) is 0 Å². The summed E-state index contributed by atoms with van der Waals surface area (Å²) < 4.78 is 5.71. The van der Waals surface area contributed by atoms with Gasteiger partial charge in [0.25, 0.3) is 0 Å². The minimum atomic E-state index is -0.757. The van der Waals surface area contributed by atoms with E-state index in [-0.39, 0.29) is 11.2 Å². The Labute approximate surface area is 282 Å². The third-order valence-electron chi connectivity index (χ3n) is 8.63. The first-order valence-corrected chi connectivity index (χ1v) is 16.0. The van der Waals surface area contributed by atoms with Gasteiger partial charge in [-0.05, 0) is 66.2 Å².